The molecule has 1 aromatic carbocycles. The summed E-state index contributed by atoms with van der Waals surface area (Å²) in [6.45, 7) is 8.44. The van der Waals surface area contributed by atoms with Crippen LogP contribution in [0.2, 0.25) is 5.02 Å². The first-order chi connectivity index (χ1) is 14.8. The fourth-order valence-electron chi connectivity index (χ4n) is 4.25. The molecular weight excluding hydrogens is 421 g/mol. The second kappa shape index (κ2) is 8.68. The van der Waals surface area contributed by atoms with E-state index in [0.717, 1.165) is 5.82 Å². The lowest BCUT2D eigenvalue weighted by Gasteiger charge is -2.34. The van der Waals surface area contributed by atoms with Crippen LogP contribution < -0.4 is 5.32 Å². The predicted octanol–water partition coefficient (Wildman–Crippen LogP) is 4.52. The minimum atomic E-state index is -0.668. The molecule has 166 valence electrons. The van der Waals surface area contributed by atoms with Gasteiger partial charge in [0.15, 0.2) is 5.82 Å². The van der Waals surface area contributed by atoms with Crippen molar-refractivity contribution in [2.45, 2.75) is 64.8 Å². The number of aromatic nitrogens is 4. The van der Waals surface area contributed by atoms with Gasteiger partial charge in [0.2, 0.25) is 5.95 Å². The molecule has 3 aromatic rings. The SMILES string of the molecule is CC[C@H]1OCC[C@H](Nc2ncc(Cl)c(-c3cc(F)c4nc(C)n(C(C)C)c4c3)n2)[C@H]1O. The van der Waals surface area contributed by atoms with Crippen molar-refractivity contribution in [3.8, 4) is 11.3 Å². The second-order valence-electron chi connectivity index (χ2n) is 8.19. The lowest BCUT2D eigenvalue weighted by molar-refractivity contribution is -0.0808. The summed E-state index contributed by atoms with van der Waals surface area (Å²) in [5.41, 5.74) is 1.98. The van der Waals surface area contributed by atoms with Gasteiger partial charge < -0.3 is 19.7 Å². The third-order valence-electron chi connectivity index (χ3n) is 5.73. The molecule has 31 heavy (non-hydrogen) atoms. The van der Waals surface area contributed by atoms with E-state index >= 15 is 0 Å². The molecule has 0 spiro atoms. The molecule has 9 heteroatoms. The van der Waals surface area contributed by atoms with Crippen LogP contribution in [-0.4, -0.2) is 49.5 Å². The molecule has 3 heterocycles. The highest BCUT2D eigenvalue weighted by Crippen LogP contribution is 2.32. The van der Waals surface area contributed by atoms with Crippen molar-refractivity contribution in [3.05, 3.63) is 35.0 Å². The van der Waals surface area contributed by atoms with E-state index in [2.05, 4.69) is 20.3 Å². The summed E-state index contributed by atoms with van der Waals surface area (Å²) in [4.78, 5) is 13.2. The van der Waals surface area contributed by atoms with E-state index in [0.29, 0.717) is 52.7 Å². The smallest absolute Gasteiger partial charge is 0.223 e. The summed E-state index contributed by atoms with van der Waals surface area (Å²) < 4.78 is 22.5. The molecule has 0 radical (unpaired) electrons. The molecule has 1 aliphatic rings. The molecule has 0 aliphatic carbocycles. The van der Waals surface area contributed by atoms with Crippen LogP contribution in [0.15, 0.2) is 18.3 Å². The van der Waals surface area contributed by atoms with E-state index in [1.807, 2.05) is 38.3 Å². The number of imidazole rings is 1. The number of aliphatic hydroxyl groups excluding tert-OH is 1. The number of aliphatic hydroxyl groups is 1. The van der Waals surface area contributed by atoms with E-state index in [4.69, 9.17) is 16.3 Å². The Labute approximate surface area is 185 Å². The number of hydrogen-bond donors (Lipinski definition) is 2. The van der Waals surface area contributed by atoms with Crippen LogP contribution >= 0.6 is 11.6 Å². The first-order valence-corrected chi connectivity index (χ1v) is 10.9. The third-order valence-corrected chi connectivity index (χ3v) is 6.01. The van der Waals surface area contributed by atoms with Gasteiger partial charge in [-0.05, 0) is 45.7 Å². The lowest BCUT2D eigenvalue weighted by Crippen LogP contribution is -2.48. The van der Waals surface area contributed by atoms with Crippen LogP contribution in [0.3, 0.4) is 0 Å². The highest BCUT2D eigenvalue weighted by atomic mass is 35.5. The van der Waals surface area contributed by atoms with Crippen molar-refractivity contribution >= 4 is 28.6 Å². The standard InChI is InChI=1S/C22H27ClFN5O2/c1-5-18-21(30)16(6-7-31-18)27-22-25-10-14(23)19(28-22)13-8-15(24)20-17(9-13)29(11(2)3)12(4)26-20/h8-11,16,18,21,30H,5-7H2,1-4H3,(H,25,27,28)/t16-,18+,21+/m0/s1. The normalized spacial score (nSPS) is 21.7. The Morgan fingerprint density at radius 1 is 1.35 bits per heavy atom. The zero-order chi connectivity index (χ0) is 22.3. The Morgan fingerprint density at radius 2 is 2.13 bits per heavy atom. The van der Waals surface area contributed by atoms with Gasteiger partial charge in [-0.2, -0.15) is 0 Å². The molecule has 0 unspecified atom stereocenters. The molecule has 7 nitrogen and oxygen atoms in total. The molecule has 4 rings (SSSR count). The molecule has 0 saturated carbocycles. The summed E-state index contributed by atoms with van der Waals surface area (Å²) in [6.07, 6.45) is 1.94. The van der Waals surface area contributed by atoms with Gasteiger partial charge in [-0.3, -0.25) is 0 Å². The number of anilines is 1. The minimum absolute atomic E-state index is 0.124. The quantitative estimate of drug-likeness (QED) is 0.598. The highest BCUT2D eigenvalue weighted by Gasteiger charge is 2.32. The van der Waals surface area contributed by atoms with Gasteiger partial charge in [-0.15, -0.1) is 0 Å². The summed E-state index contributed by atoms with van der Waals surface area (Å²) in [6, 6.07) is 3.14. The summed E-state index contributed by atoms with van der Waals surface area (Å²) >= 11 is 6.39. The topological polar surface area (TPSA) is 85.1 Å². The van der Waals surface area contributed by atoms with E-state index in [1.165, 1.54) is 12.3 Å². The average Bonchev–Trinajstić information content (AvgIpc) is 3.07. The van der Waals surface area contributed by atoms with Gasteiger partial charge in [0, 0.05) is 18.2 Å². The van der Waals surface area contributed by atoms with Gasteiger partial charge >= 0.3 is 0 Å². The maximum absolute atomic E-state index is 14.9. The van der Waals surface area contributed by atoms with Gasteiger partial charge in [-0.25, -0.2) is 19.3 Å². The Bertz CT molecular complexity index is 1100. The van der Waals surface area contributed by atoms with Crippen LogP contribution in [0.4, 0.5) is 10.3 Å². The molecular formula is C22H27ClFN5O2. The number of halogens is 2. The van der Waals surface area contributed by atoms with Crippen LogP contribution in [0.1, 0.15) is 45.5 Å². The zero-order valence-electron chi connectivity index (χ0n) is 18.1. The second-order valence-corrected chi connectivity index (χ2v) is 8.59. The van der Waals surface area contributed by atoms with E-state index in [1.54, 1.807) is 0 Å². The van der Waals surface area contributed by atoms with Gasteiger partial charge in [-0.1, -0.05) is 18.5 Å². The number of nitrogens with one attached hydrogen (secondary N) is 1. The largest absolute Gasteiger partial charge is 0.388 e. The zero-order valence-corrected chi connectivity index (χ0v) is 18.8. The Kier molecular flexibility index (Phi) is 6.14. The Hall–Kier alpha value is -2.29. The van der Waals surface area contributed by atoms with Crippen LogP contribution in [0.25, 0.3) is 22.3 Å². The van der Waals surface area contributed by atoms with Crippen molar-refractivity contribution < 1.29 is 14.2 Å². The molecule has 1 aliphatic heterocycles. The number of aryl methyl sites for hydroxylation is 1. The number of fused-ring (bicyclic) bond motifs is 1. The monoisotopic (exact) mass is 447 g/mol. The van der Waals surface area contributed by atoms with E-state index < -0.39 is 11.9 Å². The number of hydrogen-bond acceptors (Lipinski definition) is 6. The molecule has 2 N–H and O–H groups in total. The van der Waals surface area contributed by atoms with Crippen molar-refractivity contribution in [2.75, 3.05) is 11.9 Å². The van der Waals surface area contributed by atoms with Crippen LogP contribution in [0, 0.1) is 12.7 Å². The van der Waals surface area contributed by atoms with E-state index in [9.17, 15) is 9.50 Å². The lowest BCUT2D eigenvalue weighted by atomic mass is 9.98. The molecule has 3 atom stereocenters. The maximum atomic E-state index is 14.9. The summed E-state index contributed by atoms with van der Waals surface area (Å²) in [7, 11) is 0. The molecule has 0 amide bonds. The number of benzene rings is 1. The van der Waals surface area contributed by atoms with Gasteiger partial charge in [0.25, 0.3) is 0 Å². The summed E-state index contributed by atoms with van der Waals surface area (Å²) in [5.74, 6) is 0.648. The van der Waals surface area contributed by atoms with Gasteiger partial charge in [0.05, 0.1) is 34.6 Å². The van der Waals surface area contributed by atoms with Crippen molar-refractivity contribution in [1.29, 1.82) is 0 Å². The fraction of sp³-hybridized carbons (Fsp3) is 0.500. The van der Waals surface area contributed by atoms with Crippen LogP contribution in [-0.2, 0) is 4.74 Å². The molecule has 1 saturated heterocycles. The number of ether oxygens (including phenoxy) is 1. The molecule has 0 bridgehead atoms. The van der Waals surface area contributed by atoms with E-state index in [-0.39, 0.29) is 18.2 Å². The number of nitrogens with zero attached hydrogens (tertiary/aromatic N) is 4. The Balaban J connectivity index is 1.72. The summed E-state index contributed by atoms with van der Waals surface area (Å²) in [5, 5.41) is 14.1. The van der Waals surface area contributed by atoms with Crippen molar-refractivity contribution in [1.82, 2.24) is 19.5 Å². The first-order valence-electron chi connectivity index (χ1n) is 10.6. The number of rotatable bonds is 5. The minimum Gasteiger partial charge on any atom is -0.388 e. The predicted molar refractivity (Wildman–Crippen MR) is 119 cm³/mol. The van der Waals surface area contributed by atoms with Gasteiger partial charge in [0.1, 0.15) is 17.4 Å². The molecule has 2 aromatic heterocycles. The van der Waals surface area contributed by atoms with Crippen molar-refractivity contribution in [3.63, 3.8) is 0 Å². The van der Waals surface area contributed by atoms with Crippen molar-refractivity contribution in [2.24, 2.45) is 0 Å². The average molecular weight is 448 g/mol. The fourth-order valence-corrected chi connectivity index (χ4v) is 4.45. The Morgan fingerprint density at radius 3 is 2.84 bits per heavy atom. The van der Waals surface area contributed by atoms with Crippen LogP contribution in [0.5, 0.6) is 0 Å². The molecule has 1 fully saturated rings. The first kappa shape index (κ1) is 21.9. The third kappa shape index (κ3) is 4.12. The maximum Gasteiger partial charge on any atom is 0.223 e. The highest BCUT2D eigenvalue weighted by molar-refractivity contribution is 6.33.